The first-order valence-electron chi connectivity index (χ1n) is 7.94. The highest BCUT2D eigenvalue weighted by atomic mass is 16.4. The Labute approximate surface area is 124 Å². The summed E-state index contributed by atoms with van der Waals surface area (Å²) in [5, 5.41) is 8.44. The summed E-state index contributed by atoms with van der Waals surface area (Å²) in [6, 6.07) is 0. The Morgan fingerprint density at radius 3 is 1.85 bits per heavy atom. The first-order valence-corrected chi connectivity index (χ1v) is 7.94. The summed E-state index contributed by atoms with van der Waals surface area (Å²) < 4.78 is 0. The molecule has 0 rings (SSSR count). The fraction of sp³-hybridized carbons (Fsp3) is 0.611. The minimum absolute atomic E-state index is 0.123. The summed E-state index contributed by atoms with van der Waals surface area (Å²) in [5.41, 5.74) is 0. The van der Waals surface area contributed by atoms with Gasteiger partial charge in [-0.25, -0.2) is 0 Å². The van der Waals surface area contributed by atoms with Crippen LogP contribution in [0.4, 0.5) is 0 Å². The predicted octanol–water partition coefficient (Wildman–Crippen LogP) is 5.66. The Balaban J connectivity index is 3.27. The minimum atomic E-state index is -0.770. The second-order valence-electron chi connectivity index (χ2n) is 5.03. The van der Waals surface area contributed by atoms with E-state index in [0.29, 0.717) is 0 Å². The van der Waals surface area contributed by atoms with Crippen LogP contribution in [-0.4, -0.2) is 11.1 Å². The van der Waals surface area contributed by atoms with Gasteiger partial charge in [-0.15, -0.1) is 0 Å². The summed E-state index contributed by atoms with van der Waals surface area (Å²) in [6.45, 7) is 2.24. The van der Waals surface area contributed by atoms with E-state index in [-0.39, 0.29) is 6.42 Å². The average molecular weight is 278 g/mol. The van der Waals surface area contributed by atoms with Gasteiger partial charge in [0.2, 0.25) is 0 Å². The second-order valence-corrected chi connectivity index (χ2v) is 5.03. The molecule has 0 amide bonds. The van der Waals surface area contributed by atoms with Crippen molar-refractivity contribution in [3.8, 4) is 0 Å². The van der Waals surface area contributed by atoms with Gasteiger partial charge in [-0.1, -0.05) is 56.2 Å². The molecule has 0 spiro atoms. The van der Waals surface area contributed by atoms with E-state index in [4.69, 9.17) is 5.11 Å². The van der Waals surface area contributed by atoms with Crippen LogP contribution in [0.2, 0.25) is 0 Å². The third kappa shape index (κ3) is 16.7. The van der Waals surface area contributed by atoms with Crippen LogP contribution in [0, 0.1) is 0 Å². The Hall–Kier alpha value is -1.31. The highest BCUT2D eigenvalue weighted by Gasteiger charge is 1.87. The number of hydrogen-bond donors (Lipinski definition) is 1. The Morgan fingerprint density at radius 2 is 1.30 bits per heavy atom. The molecule has 0 aliphatic rings. The maximum Gasteiger partial charge on any atom is 0.307 e. The first-order chi connectivity index (χ1) is 9.77. The summed E-state index contributed by atoms with van der Waals surface area (Å²) in [4.78, 5) is 10.3. The molecule has 0 saturated heterocycles. The van der Waals surface area contributed by atoms with Crippen molar-refractivity contribution in [2.75, 3.05) is 0 Å². The molecule has 2 nitrogen and oxygen atoms in total. The van der Waals surface area contributed by atoms with E-state index in [1.54, 1.807) is 6.08 Å². The molecular formula is C18H30O2. The van der Waals surface area contributed by atoms with Crippen molar-refractivity contribution in [3.05, 3.63) is 36.5 Å². The van der Waals surface area contributed by atoms with Crippen LogP contribution in [0.15, 0.2) is 36.5 Å². The van der Waals surface area contributed by atoms with Crippen molar-refractivity contribution in [3.63, 3.8) is 0 Å². The number of rotatable bonds is 13. The van der Waals surface area contributed by atoms with Gasteiger partial charge in [-0.2, -0.15) is 0 Å². The monoisotopic (exact) mass is 278 g/mol. The zero-order valence-electron chi connectivity index (χ0n) is 12.9. The molecule has 0 aliphatic carbocycles. The molecule has 0 aromatic carbocycles. The van der Waals surface area contributed by atoms with E-state index >= 15 is 0 Å². The maximum absolute atomic E-state index is 10.3. The fourth-order valence-electron chi connectivity index (χ4n) is 1.85. The average Bonchev–Trinajstić information content (AvgIpc) is 2.43. The molecule has 0 aromatic rings. The van der Waals surface area contributed by atoms with Crippen molar-refractivity contribution in [1.82, 2.24) is 0 Å². The first kappa shape index (κ1) is 18.7. The largest absolute Gasteiger partial charge is 0.481 e. The van der Waals surface area contributed by atoms with E-state index in [1.807, 2.05) is 6.08 Å². The van der Waals surface area contributed by atoms with Crippen LogP contribution < -0.4 is 0 Å². The molecule has 0 radical (unpaired) electrons. The van der Waals surface area contributed by atoms with E-state index in [0.717, 1.165) is 12.8 Å². The molecule has 0 heterocycles. The van der Waals surface area contributed by atoms with Crippen molar-refractivity contribution in [2.45, 2.75) is 71.1 Å². The molecule has 0 aliphatic heterocycles. The number of carboxylic acid groups (broad SMARTS) is 1. The van der Waals surface area contributed by atoms with Gasteiger partial charge >= 0.3 is 5.97 Å². The zero-order valence-corrected chi connectivity index (χ0v) is 12.9. The molecule has 0 atom stereocenters. The van der Waals surface area contributed by atoms with Crippen LogP contribution in [-0.2, 0) is 4.79 Å². The lowest BCUT2D eigenvalue weighted by Gasteiger charge is -1.94. The fourth-order valence-corrected chi connectivity index (χ4v) is 1.85. The van der Waals surface area contributed by atoms with Crippen molar-refractivity contribution < 1.29 is 9.90 Å². The minimum Gasteiger partial charge on any atom is -0.481 e. The SMILES string of the molecule is CCCCC/C=C\CCCC/C=C\C/C=C\CC(=O)O. The van der Waals surface area contributed by atoms with E-state index in [9.17, 15) is 4.79 Å². The van der Waals surface area contributed by atoms with Gasteiger partial charge in [0.15, 0.2) is 0 Å². The summed E-state index contributed by atoms with van der Waals surface area (Å²) >= 11 is 0. The van der Waals surface area contributed by atoms with Crippen LogP contribution in [0.1, 0.15) is 71.1 Å². The summed E-state index contributed by atoms with van der Waals surface area (Å²) in [7, 11) is 0. The highest BCUT2D eigenvalue weighted by Crippen LogP contribution is 2.04. The van der Waals surface area contributed by atoms with Crippen molar-refractivity contribution in [1.29, 1.82) is 0 Å². The lowest BCUT2D eigenvalue weighted by molar-refractivity contribution is -0.136. The van der Waals surface area contributed by atoms with Crippen LogP contribution in [0.25, 0.3) is 0 Å². The number of hydrogen-bond acceptors (Lipinski definition) is 1. The molecule has 2 heteroatoms. The van der Waals surface area contributed by atoms with Gasteiger partial charge in [-0.05, 0) is 44.9 Å². The number of aliphatic carboxylic acids is 1. The third-order valence-corrected chi connectivity index (χ3v) is 3.03. The van der Waals surface area contributed by atoms with Gasteiger partial charge in [0.25, 0.3) is 0 Å². The van der Waals surface area contributed by atoms with Gasteiger partial charge in [-0.3, -0.25) is 4.79 Å². The zero-order chi connectivity index (χ0) is 14.9. The molecule has 0 saturated carbocycles. The topological polar surface area (TPSA) is 37.3 Å². The molecule has 0 unspecified atom stereocenters. The quantitative estimate of drug-likeness (QED) is 0.348. The standard InChI is InChI=1S/C18H30O2/c1-2-3-4-5-6-7-8-9-10-11-12-13-14-15-16-17-18(19)20/h6-7,12-13,15-16H,2-5,8-11,14,17H2,1H3,(H,19,20)/b7-6-,13-12-,16-15-. The lowest BCUT2D eigenvalue weighted by Crippen LogP contribution is -1.89. The molecule has 0 aromatic heterocycles. The Bertz CT molecular complexity index is 301. The van der Waals surface area contributed by atoms with E-state index in [1.165, 1.54) is 44.9 Å². The van der Waals surface area contributed by atoms with Crippen molar-refractivity contribution in [2.24, 2.45) is 0 Å². The molecule has 1 N–H and O–H groups in total. The Kier molecular flexibility index (Phi) is 14.7. The molecule has 20 heavy (non-hydrogen) atoms. The highest BCUT2D eigenvalue weighted by molar-refractivity contribution is 5.68. The summed E-state index contributed by atoms with van der Waals surface area (Å²) in [6.07, 6.45) is 23.5. The lowest BCUT2D eigenvalue weighted by atomic mass is 10.1. The number of carboxylic acids is 1. The van der Waals surface area contributed by atoms with Crippen LogP contribution in [0.3, 0.4) is 0 Å². The normalized spacial score (nSPS) is 12.1. The number of unbranched alkanes of at least 4 members (excludes halogenated alkanes) is 6. The van der Waals surface area contributed by atoms with Gasteiger partial charge < -0.3 is 5.11 Å². The third-order valence-electron chi connectivity index (χ3n) is 3.03. The van der Waals surface area contributed by atoms with Crippen molar-refractivity contribution >= 4 is 5.97 Å². The molecule has 114 valence electrons. The van der Waals surface area contributed by atoms with Gasteiger partial charge in [0.1, 0.15) is 0 Å². The Morgan fingerprint density at radius 1 is 0.800 bits per heavy atom. The second kappa shape index (κ2) is 15.7. The summed E-state index contributed by atoms with van der Waals surface area (Å²) in [5.74, 6) is -0.770. The van der Waals surface area contributed by atoms with Crippen LogP contribution >= 0.6 is 0 Å². The van der Waals surface area contributed by atoms with E-state index in [2.05, 4.69) is 31.2 Å². The maximum atomic E-state index is 10.3. The van der Waals surface area contributed by atoms with Gasteiger partial charge in [0, 0.05) is 0 Å². The molecule has 0 fully saturated rings. The smallest absolute Gasteiger partial charge is 0.307 e. The molecular weight excluding hydrogens is 248 g/mol. The number of allylic oxidation sites excluding steroid dienone is 5. The number of carbonyl (C=O) groups is 1. The molecule has 0 bridgehead atoms. The van der Waals surface area contributed by atoms with Crippen LogP contribution in [0.5, 0.6) is 0 Å². The van der Waals surface area contributed by atoms with E-state index < -0.39 is 5.97 Å². The predicted molar refractivity (Wildman–Crippen MR) is 86.9 cm³/mol. The van der Waals surface area contributed by atoms with Gasteiger partial charge in [0.05, 0.1) is 6.42 Å².